The Morgan fingerprint density at radius 1 is 1.14 bits per heavy atom. The molecule has 14 heavy (non-hydrogen) atoms. The van der Waals surface area contributed by atoms with Crippen molar-refractivity contribution in [2.75, 3.05) is 0 Å². The van der Waals surface area contributed by atoms with Gasteiger partial charge in [0.25, 0.3) is 0 Å². The minimum absolute atomic E-state index is 0.0567. The van der Waals surface area contributed by atoms with Gasteiger partial charge < -0.3 is 5.73 Å². The number of rotatable bonds is 2. The molecule has 0 saturated heterocycles. The molecule has 1 unspecified atom stereocenters. The molecule has 0 bridgehead atoms. The molecule has 1 atom stereocenters. The summed E-state index contributed by atoms with van der Waals surface area (Å²) >= 11 is 3.50. The van der Waals surface area contributed by atoms with Gasteiger partial charge in [-0.25, -0.2) is 0 Å². The lowest BCUT2D eigenvalue weighted by Gasteiger charge is -2.10. The smallest absolute Gasteiger partial charge is 0.0659 e. The van der Waals surface area contributed by atoms with E-state index in [0.717, 1.165) is 0 Å². The molecule has 0 amide bonds. The number of hydrogen-bond acceptors (Lipinski definition) is 3. The van der Waals surface area contributed by atoms with Crippen molar-refractivity contribution in [3.05, 3.63) is 43.8 Å². The summed E-state index contributed by atoms with van der Waals surface area (Å²) in [7, 11) is 0. The fourth-order valence-corrected chi connectivity index (χ4v) is 3.26. The topological polar surface area (TPSA) is 26.0 Å². The summed E-state index contributed by atoms with van der Waals surface area (Å²) in [6.45, 7) is 4.25. The molecule has 74 valence electrons. The second-order valence-electron chi connectivity index (χ2n) is 3.38. The number of aryl methyl sites for hydroxylation is 2. The monoisotopic (exact) mass is 223 g/mol. The maximum atomic E-state index is 6.22. The van der Waals surface area contributed by atoms with Gasteiger partial charge in [0.1, 0.15) is 0 Å². The van der Waals surface area contributed by atoms with E-state index in [1.165, 1.54) is 20.9 Å². The van der Waals surface area contributed by atoms with E-state index < -0.39 is 0 Å². The Labute approximate surface area is 92.2 Å². The van der Waals surface area contributed by atoms with Crippen molar-refractivity contribution in [3.63, 3.8) is 0 Å². The minimum Gasteiger partial charge on any atom is -0.320 e. The van der Waals surface area contributed by atoms with Crippen LogP contribution in [0.4, 0.5) is 0 Å². The van der Waals surface area contributed by atoms with Gasteiger partial charge in [-0.05, 0) is 47.9 Å². The molecule has 0 aliphatic rings. The molecule has 2 N–H and O–H groups in total. The summed E-state index contributed by atoms with van der Waals surface area (Å²) in [4.78, 5) is 2.61. The van der Waals surface area contributed by atoms with E-state index in [0.29, 0.717) is 0 Å². The highest BCUT2D eigenvalue weighted by molar-refractivity contribution is 7.10. The van der Waals surface area contributed by atoms with Gasteiger partial charge in [-0.3, -0.25) is 0 Å². The predicted molar refractivity (Wildman–Crippen MR) is 64.1 cm³/mol. The molecule has 2 heterocycles. The van der Waals surface area contributed by atoms with Crippen LogP contribution in [0.1, 0.15) is 26.9 Å². The van der Waals surface area contributed by atoms with Gasteiger partial charge in [-0.15, -0.1) is 22.7 Å². The van der Waals surface area contributed by atoms with E-state index in [2.05, 4.69) is 36.7 Å². The van der Waals surface area contributed by atoms with Crippen LogP contribution in [-0.4, -0.2) is 0 Å². The second-order valence-corrected chi connectivity index (χ2v) is 5.45. The van der Waals surface area contributed by atoms with Crippen LogP contribution >= 0.6 is 22.7 Å². The first-order chi connectivity index (χ1) is 6.70. The van der Waals surface area contributed by atoms with Gasteiger partial charge in [0, 0.05) is 9.75 Å². The fraction of sp³-hybridized carbons (Fsp3) is 0.273. The Morgan fingerprint density at radius 2 is 1.86 bits per heavy atom. The zero-order valence-corrected chi connectivity index (χ0v) is 9.91. The van der Waals surface area contributed by atoms with E-state index in [-0.39, 0.29) is 6.04 Å². The molecular formula is C11H13NS2. The lowest BCUT2D eigenvalue weighted by Crippen LogP contribution is -2.11. The predicted octanol–water partition coefficient (Wildman–Crippen LogP) is 3.47. The summed E-state index contributed by atoms with van der Waals surface area (Å²) < 4.78 is 0. The van der Waals surface area contributed by atoms with Crippen molar-refractivity contribution in [3.8, 4) is 0 Å². The third-order valence-corrected chi connectivity index (χ3v) is 4.38. The van der Waals surface area contributed by atoms with Gasteiger partial charge in [0.2, 0.25) is 0 Å². The molecule has 0 radical (unpaired) electrons. The van der Waals surface area contributed by atoms with Crippen molar-refractivity contribution >= 4 is 22.7 Å². The van der Waals surface area contributed by atoms with E-state index in [9.17, 15) is 0 Å². The van der Waals surface area contributed by atoms with Crippen molar-refractivity contribution in [1.82, 2.24) is 0 Å². The zero-order valence-electron chi connectivity index (χ0n) is 8.28. The highest BCUT2D eigenvalue weighted by Gasteiger charge is 2.15. The van der Waals surface area contributed by atoms with E-state index in [1.54, 1.807) is 22.7 Å². The normalized spacial score (nSPS) is 13.1. The van der Waals surface area contributed by atoms with Gasteiger partial charge in [0.05, 0.1) is 6.04 Å². The van der Waals surface area contributed by atoms with E-state index >= 15 is 0 Å². The van der Waals surface area contributed by atoms with E-state index in [4.69, 9.17) is 5.73 Å². The Bertz CT molecular complexity index is 388. The van der Waals surface area contributed by atoms with Crippen molar-refractivity contribution in [2.24, 2.45) is 5.73 Å². The summed E-state index contributed by atoms with van der Waals surface area (Å²) in [6.07, 6.45) is 0. The molecule has 0 aliphatic carbocycles. The largest absolute Gasteiger partial charge is 0.320 e. The van der Waals surface area contributed by atoms with Crippen LogP contribution in [0.2, 0.25) is 0 Å². The van der Waals surface area contributed by atoms with Gasteiger partial charge in [-0.1, -0.05) is 0 Å². The molecule has 0 spiro atoms. The highest BCUT2D eigenvalue weighted by Crippen LogP contribution is 2.30. The van der Waals surface area contributed by atoms with E-state index in [1.807, 2.05) is 0 Å². The van der Waals surface area contributed by atoms with Crippen LogP contribution in [0.25, 0.3) is 0 Å². The summed E-state index contributed by atoms with van der Waals surface area (Å²) in [5, 5.41) is 4.21. The Hall–Kier alpha value is -0.640. The van der Waals surface area contributed by atoms with Gasteiger partial charge in [-0.2, -0.15) is 0 Å². The Morgan fingerprint density at radius 3 is 2.36 bits per heavy atom. The molecule has 2 rings (SSSR count). The van der Waals surface area contributed by atoms with Crippen molar-refractivity contribution in [1.29, 1.82) is 0 Å². The molecule has 0 aromatic carbocycles. The van der Waals surface area contributed by atoms with Crippen LogP contribution in [0, 0.1) is 13.8 Å². The third-order valence-electron chi connectivity index (χ3n) is 2.42. The molecule has 3 heteroatoms. The Balaban J connectivity index is 2.38. The Kier molecular flexibility index (Phi) is 2.72. The number of nitrogens with two attached hydrogens (primary N) is 1. The summed E-state index contributed by atoms with van der Waals surface area (Å²) in [5.74, 6) is 0. The van der Waals surface area contributed by atoms with Crippen LogP contribution in [0.3, 0.4) is 0 Å². The van der Waals surface area contributed by atoms with Crippen LogP contribution in [0.15, 0.2) is 22.9 Å². The quantitative estimate of drug-likeness (QED) is 0.829. The molecular weight excluding hydrogens is 210 g/mol. The van der Waals surface area contributed by atoms with Crippen molar-refractivity contribution < 1.29 is 0 Å². The molecule has 2 aromatic rings. The SMILES string of the molecule is Cc1ccsc1C(N)c1ccsc1C. The zero-order chi connectivity index (χ0) is 10.1. The highest BCUT2D eigenvalue weighted by atomic mass is 32.1. The summed E-state index contributed by atoms with van der Waals surface area (Å²) in [6, 6.07) is 4.31. The van der Waals surface area contributed by atoms with Gasteiger partial charge >= 0.3 is 0 Å². The minimum atomic E-state index is 0.0567. The lowest BCUT2D eigenvalue weighted by atomic mass is 10.1. The first kappa shape index (κ1) is 9.90. The molecule has 0 fully saturated rings. The average Bonchev–Trinajstić information content (AvgIpc) is 2.73. The number of hydrogen-bond donors (Lipinski definition) is 1. The number of thiophene rings is 2. The molecule has 2 aromatic heterocycles. The summed E-state index contributed by atoms with van der Waals surface area (Å²) in [5.41, 5.74) is 8.79. The average molecular weight is 223 g/mol. The third kappa shape index (κ3) is 1.63. The molecule has 0 aliphatic heterocycles. The first-order valence-corrected chi connectivity index (χ1v) is 6.29. The lowest BCUT2D eigenvalue weighted by molar-refractivity contribution is 0.883. The van der Waals surface area contributed by atoms with Crippen LogP contribution in [-0.2, 0) is 0 Å². The maximum absolute atomic E-state index is 6.22. The second kappa shape index (κ2) is 3.85. The fourth-order valence-electron chi connectivity index (χ4n) is 1.56. The first-order valence-electron chi connectivity index (χ1n) is 4.53. The molecule has 0 saturated carbocycles. The molecule has 1 nitrogen and oxygen atoms in total. The standard InChI is InChI=1S/C11H13NS2/c1-7-3-5-14-11(7)10(12)9-4-6-13-8(9)2/h3-6,10H,12H2,1-2H3. The van der Waals surface area contributed by atoms with Crippen molar-refractivity contribution in [2.45, 2.75) is 19.9 Å². The maximum Gasteiger partial charge on any atom is 0.0659 e. The van der Waals surface area contributed by atoms with Crippen LogP contribution < -0.4 is 5.73 Å². The van der Waals surface area contributed by atoms with Gasteiger partial charge in [0.15, 0.2) is 0 Å². The van der Waals surface area contributed by atoms with Crippen LogP contribution in [0.5, 0.6) is 0 Å².